The van der Waals surface area contributed by atoms with E-state index in [4.69, 9.17) is 4.74 Å². The number of benzene rings is 2. The number of carbonyl (C=O) groups excluding carboxylic acids is 4. The van der Waals surface area contributed by atoms with Crippen molar-refractivity contribution in [3.63, 3.8) is 0 Å². The molecule has 10 heteroatoms. The first-order valence-corrected chi connectivity index (χ1v) is 14.0. The molecule has 1 aliphatic rings. The fourth-order valence-electron chi connectivity index (χ4n) is 4.59. The lowest BCUT2D eigenvalue weighted by molar-refractivity contribution is -0.139. The van der Waals surface area contributed by atoms with E-state index in [2.05, 4.69) is 15.6 Å². The molecule has 0 aliphatic carbocycles. The highest BCUT2D eigenvalue weighted by atomic mass is 16.5. The van der Waals surface area contributed by atoms with Crippen molar-refractivity contribution in [3.05, 3.63) is 71.8 Å². The van der Waals surface area contributed by atoms with E-state index in [1.165, 1.54) is 4.90 Å². The summed E-state index contributed by atoms with van der Waals surface area (Å²) in [6.45, 7) is 7.67. The first-order valence-electron chi connectivity index (χ1n) is 14.0. The van der Waals surface area contributed by atoms with Gasteiger partial charge >= 0.3 is 6.09 Å². The van der Waals surface area contributed by atoms with Crippen LogP contribution in [0.5, 0.6) is 0 Å². The Labute approximate surface area is 241 Å². The van der Waals surface area contributed by atoms with Gasteiger partial charge in [0.2, 0.25) is 5.91 Å². The average molecular weight is 565 g/mol. The van der Waals surface area contributed by atoms with Gasteiger partial charge in [-0.1, -0.05) is 88.4 Å². The quantitative estimate of drug-likeness (QED) is 0.359. The van der Waals surface area contributed by atoms with Crippen molar-refractivity contribution in [3.8, 4) is 0 Å². The number of alkyl carbamates (subject to hydrolysis) is 1. The number of rotatable bonds is 11. The number of amides is 4. The van der Waals surface area contributed by atoms with Crippen molar-refractivity contribution >= 4 is 29.5 Å². The molecule has 1 heterocycles. The number of likely N-dealkylation sites (tertiary alicyclic amines) is 1. The predicted octanol–water partition coefficient (Wildman–Crippen LogP) is 3.23. The van der Waals surface area contributed by atoms with Crippen LogP contribution in [0.15, 0.2) is 65.7 Å². The van der Waals surface area contributed by atoms with Gasteiger partial charge < -0.3 is 25.4 Å². The highest BCUT2D eigenvalue weighted by Crippen LogP contribution is 2.22. The van der Waals surface area contributed by atoms with Crippen LogP contribution in [0, 0.1) is 11.8 Å². The summed E-state index contributed by atoms with van der Waals surface area (Å²) in [4.78, 5) is 57.6. The molecule has 0 aromatic heterocycles. The molecule has 10 nitrogen and oxygen atoms in total. The molecule has 2 aromatic carbocycles. The number of carbonyl (C=O) groups is 4. The van der Waals surface area contributed by atoms with E-state index in [1.807, 2.05) is 60.7 Å². The smallest absolute Gasteiger partial charge is 0.408 e. The molecule has 1 aliphatic heterocycles. The van der Waals surface area contributed by atoms with E-state index < -0.39 is 47.9 Å². The van der Waals surface area contributed by atoms with Crippen LogP contribution < -0.4 is 10.6 Å². The van der Waals surface area contributed by atoms with Crippen molar-refractivity contribution in [2.24, 2.45) is 16.8 Å². The van der Waals surface area contributed by atoms with Crippen LogP contribution in [0.4, 0.5) is 4.79 Å². The molecule has 0 radical (unpaired) electrons. The van der Waals surface area contributed by atoms with E-state index in [9.17, 15) is 24.3 Å². The predicted molar refractivity (Wildman–Crippen MR) is 155 cm³/mol. The second kappa shape index (κ2) is 15.1. The minimum absolute atomic E-state index is 0.0304. The largest absolute Gasteiger partial charge is 0.445 e. The molecule has 0 spiro atoms. The van der Waals surface area contributed by atoms with Crippen LogP contribution in [-0.2, 0) is 32.3 Å². The average Bonchev–Trinajstić information content (AvgIpc) is 3.46. The van der Waals surface area contributed by atoms with Gasteiger partial charge in [0.25, 0.3) is 11.8 Å². The highest BCUT2D eigenvalue weighted by Gasteiger charge is 2.39. The standard InChI is InChI=1S/C31H40N4O6/c1-20(2)25(27(36)29(38)32-18-22-12-7-5-8-13-22)33-28(37)24-16-11-17-35(24)30(39)26(21(3)4)34-31(40)41-19-23-14-9-6-10-15-23/h5-10,12-15,20-21,24,26-27,36H,11,16-19H2,1-4H3,(H,32,38)(H,34,40)/t24-,26-,27?/m0/s1. The Morgan fingerprint density at radius 3 is 2.17 bits per heavy atom. The third-order valence-electron chi connectivity index (χ3n) is 6.91. The minimum Gasteiger partial charge on any atom is -0.445 e. The van der Waals surface area contributed by atoms with Gasteiger partial charge in [-0.2, -0.15) is 0 Å². The van der Waals surface area contributed by atoms with Crippen LogP contribution in [0.3, 0.4) is 0 Å². The van der Waals surface area contributed by atoms with E-state index in [0.29, 0.717) is 19.4 Å². The maximum atomic E-state index is 13.5. The molecule has 3 rings (SSSR count). The number of nitrogens with one attached hydrogen (secondary N) is 2. The van der Waals surface area contributed by atoms with Gasteiger partial charge in [-0.3, -0.25) is 14.4 Å². The summed E-state index contributed by atoms with van der Waals surface area (Å²) in [5.74, 6) is -2.34. The Hall–Kier alpha value is -4.05. The van der Waals surface area contributed by atoms with Gasteiger partial charge in [0, 0.05) is 13.1 Å². The monoisotopic (exact) mass is 564 g/mol. The summed E-state index contributed by atoms with van der Waals surface area (Å²) in [6, 6.07) is 16.7. The number of nitrogens with zero attached hydrogens (tertiary/aromatic N) is 2. The van der Waals surface area contributed by atoms with Crippen LogP contribution in [0.25, 0.3) is 0 Å². The summed E-state index contributed by atoms with van der Waals surface area (Å²) in [5.41, 5.74) is 1.71. The first kappa shape index (κ1) is 31.5. The van der Waals surface area contributed by atoms with Gasteiger partial charge in [0.1, 0.15) is 18.7 Å². The summed E-state index contributed by atoms with van der Waals surface area (Å²) in [5, 5.41) is 16.1. The molecule has 41 heavy (non-hydrogen) atoms. The zero-order chi connectivity index (χ0) is 29.9. The molecule has 1 fully saturated rings. The number of aliphatic hydroxyl groups is 1. The van der Waals surface area contributed by atoms with E-state index in [0.717, 1.165) is 11.1 Å². The Morgan fingerprint density at radius 2 is 1.59 bits per heavy atom. The van der Waals surface area contributed by atoms with E-state index >= 15 is 0 Å². The molecule has 3 atom stereocenters. The van der Waals surface area contributed by atoms with Gasteiger partial charge in [-0.05, 0) is 35.8 Å². The number of ether oxygens (including phenoxy) is 1. The summed E-state index contributed by atoms with van der Waals surface area (Å²) >= 11 is 0. The molecule has 1 saturated heterocycles. The van der Waals surface area contributed by atoms with Gasteiger partial charge in [0.05, 0.1) is 5.71 Å². The molecule has 4 amide bonds. The fourth-order valence-corrected chi connectivity index (χ4v) is 4.59. The summed E-state index contributed by atoms with van der Waals surface area (Å²) < 4.78 is 5.30. The third-order valence-corrected chi connectivity index (χ3v) is 6.91. The fraction of sp³-hybridized carbons (Fsp3) is 0.452. The number of hydrogen-bond acceptors (Lipinski definition) is 6. The molecule has 3 N–H and O–H groups in total. The van der Waals surface area contributed by atoms with E-state index in [1.54, 1.807) is 27.7 Å². The lowest BCUT2D eigenvalue weighted by Gasteiger charge is -2.29. The molecule has 220 valence electrons. The van der Waals surface area contributed by atoms with Crippen molar-refractivity contribution in [2.75, 3.05) is 6.54 Å². The molecule has 2 aromatic rings. The maximum Gasteiger partial charge on any atom is 0.408 e. The number of aliphatic hydroxyl groups excluding tert-OH is 1. The molecule has 0 saturated carbocycles. The van der Waals surface area contributed by atoms with Crippen LogP contribution in [0.2, 0.25) is 0 Å². The van der Waals surface area contributed by atoms with Crippen LogP contribution in [-0.4, -0.2) is 64.3 Å². The zero-order valence-electron chi connectivity index (χ0n) is 24.1. The van der Waals surface area contributed by atoms with Crippen molar-refractivity contribution in [1.29, 1.82) is 0 Å². The molecular formula is C31H40N4O6. The van der Waals surface area contributed by atoms with Crippen molar-refractivity contribution < 1.29 is 29.0 Å². The van der Waals surface area contributed by atoms with Crippen molar-refractivity contribution in [2.45, 2.75) is 71.9 Å². The maximum absolute atomic E-state index is 13.5. The lowest BCUT2D eigenvalue weighted by atomic mass is 10.0. The summed E-state index contributed by atoms with van der Waals surface area (Å²) in [6.07, 6.45) is -1.37. The molecule has 0 bridgehead atoms. The lowest BCUT2D eigenvalue weighted by Crippen LogP contribution is -2.53. The number of aliphatic imine (C=N–C) groups is 1. The normalized spacial score (nSPS) is 16.8. The first-order chi connectivity index (χ1) is 19.6. The van der Waals surface area contributed by atoms with Gasteiger partial charge in [-0.15, -0.1) is 0 Å². The Morgan fingerprint density at radius 1 is 0.976 bits per heavy atom. The summed E-state index contributed by atoms with van der Waals surface area (Å²) in [7, 11) is 0. The SMILES string of the molecule is CC(C)C(=NC(=O)[C@@H]1CCCN1C(=O)[C@@H](NC(=O)OCc1ccccc1)C(C)C)C(O)C(=O)NCc1ccccc1. The Kier molecular flexibility index (Phi) is 11.6. The Bertz CT molecular complexity index is 1220. The second-order valence-corrected chi connectivity index (χ2v) is 10.8. The van der Waals surface area contributed by atoms with Crippen LogP contribution >= 0.6 is 0 Å². The minimum atomic E-state index is -1.61. The zero-order valence-corrected chi connectivity index (χ0v) is 24.1. The topological polar surface area (TPSA) is 137 Å². The van der Waals surface area contributed by atoms with Gasteiger partial charge in [0.15, 0.2) is 6.10 Å². The molecular weight excluding hydrogens is 524 g/mol. The third kappa shape index (κ3) is 8.97. The highest BCUT2D eigenvalue weighted by molar-refractivity contribution is 6.11. The van der Waals surface area contributed by atoms with Gasteiger partial charge in [-0.25, -0.2) is 9.79 Å². The number of hydrogen-bond donors (Lipinski definition) is 3. The van der Waals surface area contributed by atoms with E-state index in [-0.39, 0.29) is 24.8 Å². The van der Waals surface area contributed by atoms with Crippen molar-refractivity contribution in [1.82, 2.24) is 15.5 Å². The van der Waals surface area contributed by atoms with Crippen LogP contribution in [0.1, 0.15) is 51.7 Å². The second-order valence-electron chi connectivity index (χ2n) is 10.8. The Balaban J connectivity index is 1.66. The molecule has 1 unspecified atom stereocenters.